The van der Waals surface area contributed by atoms with E-state index in [1.54, 1.807) is 0 Å². The van der Waals surface area contributed by atoms with Crippen LogP contribution in [0.2, 0.25) is 0 Å². The normalized spacial score (nSPS) is 13.7. The van der Waals surface area contributed by atoms with Crippen LogP contribution in [0.1, 0.15) is 43.6 Å². The maximum atomic E-state index is 6.79. The van der Waals surface area contributed by atoms with E-state index in [1.165, 1.54) is 90.9 Å². The van der Waals surface area contributed by atoms with Gasteiger partial charge in [0.1, 0.15) is 5.58 Å². The first-order valence-corrected chi connectivity index (χ1v) is 20.4. The van der Waals surface area contributed by atoms with E-state index < -0.39 is 0 Å². The monoisotopic (exact) mass is 725 g/mol. The summed E-state index contributed by atoms with van der Waals surface area (Å²) >= 11 is 1.87. The van der Waals surface area contributed by atoms with Crippen LogP contribution in [-0.2, 0) is 0 Å². The van der Waals surface area contributed by atoms with Gasteiger partial charge >= 0.3 is 0 Å². The number of rotatable bonds is 6. The Hall–Kier alpha value is -6.16. The topological polar surface area (TPSA) is 16.4 Å². The molecule has 0 radical (unpaired) electrons. The Kier molecular flexibility index (Phi) is 7.81. The highest BCUT2D eigenvalue weighted by Gasteiger charge is 2.25. The van der Waals surface area contributed by atoms with Crippen molar-refractivity contribution in [3.63, 3.8) is 0 Å². The van der Waals surface area contributed by atoms with Crippen molar-refractivity contribution in [3.05, 3.63) is 175 Å². The molecule has 264 valence electrons. The van der Waals surface area contributed by atoms with E-state index in [-0.39, 0.29) is 0 Å². The van der Waals surface area contributed by atoms with Gasteiger partial charge in [-0.05, 0) is 94.3 Å². The van der Waals surface area contributed by atoms with Crippen molar-refractivity contribution in [2.24, 2.45) is 0 Å². The Morgan fingerprint density at radius 2 is 1.16 bits per heavy atom. The van der Waals surface area contributed by atoms with Crippen LogP contribution in [-0.4, -0.2) is 0 Å². The molecule has 0 aliphatic heterocycles. The lowest BCUT2D eigenvalue weighted by atomic mass is 9.80. The number of hydrogen-bond donors (Lipinski definition) is 0. The molecule has 1 aliphatic rings. The fraction of sp³-hybridized carbons (Fsp3) is 0.115. The third-order valence-corrected chi connectivity index (χ3v) is 13.0. The molecule has 11 rings (SSSR count). The lowest BCUT2D eigenvalue weighted by Crippen LogP contribution is -2.12. The van der Waals surface area contributed by atoms with Crippen molar-refractivity contribution in [2.75, 3.05) is 4.90 Å². The lowest BCUT2D eigenvalue weighted by Gasteiger charge is -2.29. The van der Waals surface area contributed by atoms with Crippen LogP contribution in [0.5, 0.6) is 0 Å². The number of fused-ring (bicyclic) bond motifs is 7. The van der Waals surface area contributed by atoms with Crippen molar-refractivity contribution in [2.45, 2.75) is 38.0 Å². The molecule has 0 bridgehead atoms. The predicted molar refractivity (Wildman–Crippen MR) is 235 cm³/mol. The van der Waals surface area contributed by atoms with E-state index in [2.05, 4.69) is 175 Å². The van der Waals surface area contributed by atoms with Gasteiger partial charge in [0.15, 0.2) is 5.58 Å². The number of para-hydroxylation sites is 3. The van der Waals surface area contributed by atoms with Crippen molar-refractivity contribution in [1.82, 2.24) is 0 Å². The third-order valence-electron chi connectivity index (χ3n) is 11.9. The van der Waals surface area contributed by atoms with Crippen LogP contribution in [0.3, 0.4) is 0 Å². The summed E-state index contributed by atoms with van der Waals surface area (Å²) in [7, 11) is 0. The Labute approximate surface area is 324 Å². The zero-order chi connectivity index (χ0) is 36.3. The fourth-order valence-electron chi connectivity index (χ4n) is 9.39. The van der Waals surface area contributed by atoms with Crippen LogP contribution in [0, 0.1) is 0 Å². The van der Waals surface area contributed by atoms with Gasteiger partial charge in [0.25, 0.3) is 0 Å². The minimum atomic E-state index is 0.582. The molecule has 0 amide bonds. The Bertz CT molecular complexity index is 3050. The summed E-state index contributed by atoms with van der Waals surface area (Å²) in [6.07, 6.45) is 6.47. The van der Waals surface area contributed by atoms with Crippen molar-refractivity contribution >= 4 is 81.3 Å². The molecule has 0 atom stereocenters. The van der Waals surface area contributed by atoms with Gasteiger partial charge in [0, 0.05) is 42.2 Å². The smallest absolute Gasteiger partial charge is 0.159 e. The Morgan fingerprint density at radius 3 is 2.09 bits per heavy atom. The molecule has 0 spiro atoms. The highest BCUT2D eigenvalue weighted by Crippen LogP contribution is 2.49. The van der Waals surface area contributed by atoms with Gasteiger partial charge in [-0.1, -0.05) is 147 Å². The molecule has 2 nitrogen and oxygen atoms in total. The fourth-order valence-corrected chi connectivity index (χ4v) is 10.5. The standard InChI is InChI=1S/C52H39NOS/c1-2-15-34(16-3-1)38-24-11-17-35-18-12-26-42(50(35)38)40-21-4-7-28-45(40)53(46-29-13-27-43-41-22-5-8-30-47(41)54-52(43)46)37-20-10-19-36(33-37)39-25-14-32-49-51(39)44-23-6-9-31-48(44)55-49/h4-14,17-34H,1-3,15-16H2. The number of hydrogen-bond acceptors (Lipinski definition) is 3. The Morgan fingerprint density at radius 1 is 0.491 bits per heavy atom. The predicted octanol–water partition coefficient (Wildman–Crippen LogP) is 16.0. The van der Waals surface area contributed by atoms with Gasteiger partial charge < -0.3 is 9.32 Å². The minimum absolute atomic E-state index is 0.582. The van der Waals surface area contributed by atoms with Crippen molar-refractivity contribution in [1.29, 1.82) is 0 Å². The summed E-state index contributed by atoms with van der Waals surface area (Å²) in [5.74, 6) is 0.582. The van der Waals surface area contributed by atoms with Crippen LogP contribution in [0.4, 0.5) is 17.1 Å². The summed E-state index contributed by atoms with van der Waals surface area (Å²) in [5.41, 5.74) is 11.4. The van der Waals surface area contributed by atoms with Crippen molar-refractivity contribution < 1.29 is 4.42 Å². The van der Waals surface area contributed by atoms with Crippen LogP contribution in [0.25, 0.3) is 75.1 Å². The summed E-state index contributed by atoms with van der Waals surface area (Å²) < 4.78 is 9.42. The molecule has 0 N–H and O–H groups in total. The summed E-state index contributed by atoms with van der Waals surface area (Å²) in [4.78, 5) is 2.44. The van der Waals surface area contributed by atoms with Gasteiger partial charge in [-0.3, -0.25) is 0 Å². The first kappa shape index (κ1) is 32.3. The SMILES string of the molecule is c1cc(-c2cccc3sc4ccccc4c23)cc(N(c2ccccc2-c2cccc3cccc(C4CCCCC4)c23)c2cccc3c2oc2ccccc23)c1. The summed E-state index contributed by atoms with van der Waals surface area (Å²) in [6.45, 7) is 0. The number of anilines is 3. The van der Waals surface area contributed by atoms with E-state index >= 15 is 0 Å². The zero-order valence-electron chi connectivity index (χ0n) is 30.5. The molecule has 0 saturated heterocycles. The second-order valence-corrected chi connectivity index (χ2v) is 16.1. The highest BCUT2D eigenvalue weighted by molar-refractivity contribution is 7.25. The van der Waals surface area contributed by atoms with Gasteiger partial charge in [0.05, 0.1) is 11.4 Å². The van der Waals surface area contributed by atoms with Gasteiger partial charge in [-0.15, -0.1) is 11.3 Å². The summed E-state index contributed by atoms with van der Waals surface area (Å²) in [5, 5.41) is 7.56. The number of benzene rings is 8. The molecular formula is C52H39NOS. The van der Waals surface area contributed by atoms with E-state index in [0.29, 0.717) is 5.92 Å². The van der Waals surface area contributed by atoms with E-state index in [9.17, 15) is 0 Å². The third kappa shape index (κ3) is 5.37. The van der Waals surface area contributed by atoms with E-state index in [4.69, 9.17) is 4.42 Å². The molecular weight excluding hydrogens is 687 g/mol. The maximum Gasteiger partial charge on any atom is 0.159 e. The maximum absolute atomic E-state index is 6.79. The first-order valence-electron chi connectivity index (χ1n) is 19.6. The van der Waals surface area contributed by atoms with Crippen LogP contribution >= 0.6 is 11.3 Å². The molecule has 55 heavy (non-hydrogen) atoms. The molecule has 1 saturated carbocycles. The first-order chi connectivity index (χ1) is 27.3. The van der Waals surface area contributed by atoms with Gasteiger partial charge in [0.2, 0.25) is 0 Å². The molecule has 8 aromatic carbocycles. The molecule has 2 heterocycles. The molecule has 3 heteroatoms. The van der Waals surface area contributed by atoms with Gasteiger partial charge in [-0.25, -0.2) is 0 Å². The highest BCUT2D eigenvalue weighted by atomic mass is 32.1. The average molecular weight is 726 g/mol. The molecule has 2 aromatic heterocycles. The van der Waals surface area contributed by atoms with Gasteiger partial charge in [-0.2, -0.15) is 0 Å². The quantitative estimate of drug-likeness (QED) is 0.170. The molecule has 0 unspecified atom stereocenters. The average Bonchev–Trinajstić information content (AvgIpc) is 3.83. The number of furan rings is 1. The zero-order valence-corrected chi connectivity index (χ0v) is 31.4. The molecule has 10 aromatic rings. The second kappa shape index (κ2) is 13.3. The minimum Gasteiger partial charge on any atom is -0.454 e. The largest absolute Gasteiger partial charge is 0.454 e. The number of thiophene rings is 1. The van der Waals surface area contributed by atoms with Crippen LogP contribution < -0.4 is 4.90 Å². The lowest BCUT2D eigenvalue weighted by molar-refractivity contribution is 0.445. The second-order valence-electron chi connectivity index (χ2n) is 15.0. The van der Waals surface area contributed by atoms with Crippen LogP contribution in [0.15, 0.2) is 174 Å². The van der Waals surface area contributed by atoms with E-state index in [1.807, 2.05) is 11.3 Å². The molecule has 1 fully saturated rings. The molecule has 1 aliphatic carbocycles. The van der Waals surface area contributed by atoms with E-state index in [0.717, 1.165) is 39.0 Å². The summed E-state index contributed by atoms with van der Waals surface area (Å²) in [6, 6.07) is 62.4. The Balaban J connectivity index is 1.17. The number of nitrogens with zero attached hydrogens (tertiary/aromatic N) is 1. The van der Waals surface area contributed by atoms with Crippen molar-refractivity contribution in [3.8, 4) is 22.3 Å².